The molecule has 0 aliphatic rings. The molecule has 25 heavy (non-hydrogen) atoms. The van der Waals surface area contributed by atoms with Gasteiger partial charge in [0.25, 0.3) is 5.56 Å². The molecule has 1 N–H and O–H groups in total. The number of aromatic nitrogens is 2. The highest BCUT2D eigenvalue weighted by Crippen LogP contribution is 2.11. The molecule has 1 rings (SSSR count). The van der Waals surface area contributed by atoms with Crippen molar-refractivity contribution in [3.05, 3.63) is 22.6 Å². The molecule has 9 heteroatoms. The van der Waals surface area contributed by atoms with Crippen LogP contribution in [0.3, 0.4) is 0 Å². The molecule has 9 nitrogen and oxygen atoms in total. The Kier molecular flexibility index (Phi) is 8.31. The van der Waals surface area contributed by atoms with Gasteiger partial charge in [0.2, 0.25) is 11.9 Å². The van der Waals surface area contributed by atoms with Gasteiger partial charge in [0.15, 0.2) is 0 Å². The van der Waals surface area contributed by atoms with Crippen molar-refractivity contribution >= 4 is 24.2 Å². The van der Waals surface area contributed by atoms with E-state index in [0.29, 0.717) is 13.0 Å². The second kappa shape index (κ2) is 10.2. The molecule has 1 atom stereocenters. The highest BCUT2D eigenvalue weighted by Gasteiger charge is 2.15. The van der Waals surface area contributed by atoms with Crippen LogP contribution in [-0.2, 0) is 20.9 Å². The maximum atomic E-state index is 11.9. The van der Waals surface area contributed by atoms with Crippen LogP contribution in [0, 0.1) is 0 Å². The first-order valence-electron chi connectivity index (χ1n) is 8.03. The highest BCUT2D eigenvalue weighted by atomic mass is 16.5. The Morgan fingerprint density at radius 2 is 2.16 bits per heavy atom. The lowest BCUT2D eigenvalue weighted by Crippen LogP contribution is -2.26. The third-order valence-corrected chi connectivity index (χ3v) is 3.26. The maximum absolute atomic E-state index is 11.9. The van der Waals surface area contributed by atoms with Crippen molar-refractivity contribution in [1.29, 1.82) is 0 Å². The number of nitrogens with one attached hydrogen (secondary N) is 1. The summed E-state index contributed by atoms with van der Waals surface area (Å²) >= 11 is 0. The van der Waals surface area contributed by atoms with Gasteiger partial charge in [0.05, 0.1) is 19.3 Å². The van der Waals surface area contributed by atoms with Gasteiger partial charge in [-0.25, -0.2) is 4.99 Å². The van der Waals surface area contributed by atoms with Gasteiger partial charge >= 0.3 is 5.97 Å². The average Bonchev–Trinajstić information content (AvgIpc) is 2.58. The summed E-state index contributed by atoms with van der Waals surface area (Å²) in [5, 5.41) is 2.45. The number of carbonyl (C=O) groups excluding carboxylic acids is 2. The molecule has 0 saturated carbocycles. The van der Waals surface area contributed by atoms with E-state index in [4.69, 9.17) is 4.74 Å². The third-order valence-electron chi connectivity index (χ3n) is 3.26. The zero-order valence-electron chi connectivity index (χ0n) is 15.1. The second-order valence-electron chi connectivity index (χ2n) is 5.62. The molecule has 0 unspecified atom stereocenters. The minimum absolute atomic E-state index is 0.0181. The van der Waals surface area contributed by atoms with Crippen LogP contribution in [0.2, 0.25) is 0 Å². The number of carbonyl (C=O) groups is 2. The average molecular weight is 351 g/mol. The van der Waals surface area contributed by atoms with E-state index in [0.717, 1.165) is 0 Å². The van der Waals surface area contributed by atoms with E-state index in [1.165, 1.54) is 19.5 Å². The van der Waals surface area contributed by atoms with Crippen LogP contribution in [0.25, 0.3) is 0 Å². The van der Waals surface area contributed by atoms with Crippen molar-refractivity contribution in [2.45, 2.75) is 38.8 Å². The van der Waals surface area contributed by atoms with Crippen molar-refractivity contribution in [3.63, 3.8) is 0 Å². The number of hydrogen-bond acceptors (Lipinski definition) is 6. The Morgan fingerprint density at radius 3 is 2.76 bits per heavy atom. The molecule has 1 aromatic rings. The third kappa shape index (κ3) is 7.60. The molecular formula is C16H25N5O4. The van der Waals surface area contributed by atoms with Crippen molar-refractivity contribution in [2.24, 2.45) is 4.99 Å². The van der Waals surface area contributed by atoms with Crippen LogP contribution in [0.15, 0.2) is 22.1 Å². The van der Waals surface area contributed by atoms with Gasteiger partial charge < -0.3 is 19.5 Å². The van der Waals surface area contributed by atoms with Gasteiger partial charge in [-0.05, 0) is 6.42 Å². The van der Waals surface area contributed by atoms with Crippen LogP contribution < -0.4 is 10.9 Å². The first-order chi connectivity index (χ1) is 11.8. The minimum atomic E-state index is -0.442. The van der Waals surface area contributed by atoms with Gasteiger partial charge in [-0.2, -0.15) is 4.98 Å². The SMILES string of the molecule is CC[C@H](Cn1ccc(=O)nc1N=CN(C)C)OC(=O)CCC(=O)NC. The number of hydrogen-bond donors (Lipinski definition) is 1. The van der Waals surface area contributed by atoms with Crippen LogP contribution >= 0.6 is 0 Å². The minimum Gasteiger partial charge on any atom is -0.460 e. The van der Waals surface area contributed by atoms with Crippen molar-refractivity contribution < 1.29 is 14.3 Å². The number of esters is 1. The van der Waals surface area contributed by atoms with Gasteiger partial charge in [-0.3, -0.25) is 14.4 Å². The van der Waals surface area contributed by atoms with Crippen molar-refractivity contribution in [2.75, 3.05) is 21.1 Å². The Labute approximate surface area is 146 Å². The lowest BCUT2D eigenvalue weighted by atomic mass is 10.2. The Balaban J connectivity index is 2.78. The number of aliphatic imine (C=N–C) groups is 1. The summed E-state index contributed by atoms with van der Waals surface area (Å²) in [4.78, 5) is 44.3. The smallest absolute Gasteiger partial charge is 0.306 e. The van der Waals surface area contributed by atoms with E-state index >= 15 is 0 Å². The number of rotatable bonds is 9. The molecule has 1 amide bonds. The summed E-state index contributed by atoms with van der Waals surface area (Å²) in [5.74, 6) is -0.418. The zero-order valence-corrected chi connectivity index (χ0v) is 15.1. The standard InChI is InChI=1S/C16H25N5O4/c1-5-12(25-15(24)7-6-13(22)17-2)10-21-9-8-14(23)19-16(21)18-11-20(3)4/h8-9,11-12H,5-7,10H2,1-4H3,(H,17,22)/t12-/m1/s1. The van der Waals surface area contributed by atoms with Crippen molar-refractivity contribution in [1.82, 2.24) is 19.8 Å². The molecule has 0 fully saturated rings. The molecule has 0 saturated heterocycles. The largest absolute Gasteiger partial charge is 0.460 e. The monoisotopic (exact) mass is 351 g/mol. The quantitative estimate of drug-likeness (QED) is 0.390. The lowest BCUT2D eigenvalue weighted by molar-refractivity contribution is -0.151. The Morgan fingerprint density at radius 1 is 1.44 bits per heavy atom. The van der Waals surface area contributed by atoms with Crippen LogP contribution in [-0.4, -0.2) is 59.9 Å². The first-order valence-corrected chi connectivity index (χ1v) is 8.03. The van der Waals surface area contributed by atoms with E-state index in [-0.39, 0.29) is 24.7 Å². The van der Waals surface area contributed by atoms with Gasteiger partial charge in [0.1, 0.15) is 6.10 Å². The molecule has 0 aliphatic heterocycles. The predicted octanol–water partition coefficient (Wildman–Crippen LogP) is 0.313. The van der Waals surface area contributed by atoms with E-state index in [9.17, 15) is 14.4 Å². The molecule has 0 aromatic carbocycles. The van der Waals surface area contributed by atoms with E-state index in [1.54, 1.807) is 29.8 Å². The summed E-state index contributed by atoms with van der Waals surface area (Å²) in [7, 11) is 5.12. The fraction of sp³-hybridized carbons (Fsp3) is 0.562. The van der Waals surface area contributed by atoms with Crippen LogP contribution in [0.5, 0.6) is 0 Å². The summed E-state index contributed by atoms with van der Waals surface area (Å²) in [6.07, 6.45) is 3.38. The molecule has 0 bridgehead atoms. The van der Waals surface area contributed by atoms with Gasteiger partial charge in [-0.15, -0.1) is 0 Å². The van der Waals surface area contributed by atoms with Crippen molar-refractivity contribution in [3.8, 4) is 0 Å². The molecule has 0 spiro atoms. The molecule has 1 heterocycles. The van der Waals surface area contributed by atoms with E-state index in [2.05, 4.69) is 15.3 Å². The first kappa shape index (κ1) is 20.3. The van der Waals surface area contributed by atoms with Crippen LogP contribution in [0.1, 0.15) is 26.2 Å². The number of amides is 1. The summed E-state index contributed by atoms with van der Waals surface area (Å²) < 4.78 is 7.06. The lowest BCUT2D eigenvalue weighted by Gasteiger charge is -2.18. The second-order valence-corrected chi connectivity index (χ2v) is 5.62. The fourth-order valence-electron chi connectivity index (χ4n) is 1.89. The predicted molar refractivity (Wildman–Crippen MR) is 93.8 cm³/mol. The molecule has 1 aromatic heterocycles. The number of ether oxygens (including phenoxy) is 1. The number of nitrogens with zero attached hydrogens (tertiary/aromatic N) is 4. The van der Waals surface area contributed by atoms with E-state index in [1.807, 2.05) is 6.92 Å². The van der Waals surface area contributed by atoms with E-state index < -0.39 is 17.6 Å². The maximum Gasteiger partial charge on any atom is 0.306 e. The molecule has 0 radical (unpaired) electrons. The molecule has 138 valence electrons. The molecule has 0 aliphatic carbocycles. The Hall–Kier alpha value is -2.71. The van der Waals surface area contributed by atoms with Gasteiger partial charge in [-0.1, -0.05) is 6.92 Å². The summed E-state index contributed by atoms with van der Waals surface area (Å²) in [6.45, 7) is 2.20. The van der Waals surface area contributed by atoms with Gasteiger partial charge in [0, 0.05) is 39.8 Å². The Bertz CT molecular complexity index is 669. The topological polar surface area (TPSA) is 106 Å². The zero-order chi connectivity index (χ0) is 18.8. The van der Waals surface area contributed by atoms with Crippen LogP contribution in [0.4, 0.5) is 5.95 Å². The molecular weight excluding hydrogens is 326 g/mol. The summed E-state index contributed by atoms with van der Waals surface area (Å²) in [5.41, 5.74) is -0.391. The highest BCUT2D eigenvalue weighted by molar-refractivity contribution is 5.81. The fourth-order valence-corrected chi connectivity index (χ4v) is 1.89. The summed E-state index contributed by atoms with van der Waals surface area (Å²) in [6, 6.07) is 1.33. The normalized spacial score (nSPS) is 12.0.